The Labute approximate surface area is 140 Å². The van der Waals surface area contributed by atoms with Crippen molar-refractivity contribution in [1.29, 1.82) is 0 Å². The smallest absolute Gasteiger partial charge is 0.159 e. The van der Waals surface area contributed by atoms with Crippen molar-refractivity contribution in [2.45, 2.75) is 40.2 Å². The highest BCUT2D eigenvalue weighted by Gasteiger charge is 2.24. The van der Waals surface area contributed by atoms with Gasteiger partial charge in [-0.1, -0.05) is 76.2 Å². The van der Waals surface area contributed by atoms with Crippen LogP contribution in [-0.4, -0.2) is 5.78 Å². The van der Waals surface area contributed by atoms with E-state index in [1.807, 2.05) is 70.3 Å². The molecule has 2 aromatic carbocycles. The molecule has 1 heterocycles. The molecule has 0 aliphatic carbocycles. The van der Waals surface area contributed by atoms with Crippen molar-refractivity contribution in [1.82, 2.24) is 0 Å². The fourth-order valence-electron chi connectivity index (χ4n) is 2.44. The Hall–Kier alpha value is -2.35. The van der Waals surface area contributed by atoms with Gasteiger partial charge in [-0.05, 0) is 23.8 Å². The van der Waals surface area contributed by atoms with Gasteiger partial charge in [-0.15, -0.1) is 0 Å². The highest BCUT2D eigenvalue weighted by molar-refractivity contribution is 5.92. The van der Waals surface area contributed by atoms with Crippen molar-refractivity contribution in [2.75, 3.05) is 4.90 Å². The third-order valence-electron chi connectivity index (χ3n) is 3.39. The Morgan fingerprint density at radius 1 is 0.826 bits per heavy atom. The number of carbonyl (C=O) groups excluding carboxylic acids is 1. The number of anilines is 1. The predicted molar refractivity (Wildman–Crippen MR) is 99.6 cm³/mol. The van der Waals surface area contributed by atoms with Crippen LogP contribution in [0.5, 0.6) is 0 Å². The Morgan fingerprint density at radius 3 is 1.91 bits per heavy atom. The summed E-state index contributed by atoms with van der Waals surface area (Å²) in [5.41, 5.74) is 2.28. The van der Waals surface area contributed by atoms with E-state index >= 15 is 0 Å². The summed E-state index contributed by atoms with van der Waals surface area (Å²) >= 11 is 0. The van der Waals surface area contributed by atoms with Crippen molar-refractivity contribution in [3.05, 3.63) is 78.5 Å². The quantitative estimate of drug-likeness (QED) is 0.701. The second kappa shape index (κ2) is 10.4. The molecule has 0 aromatic heterocycles. The average molecular weight is 309 g/mol. The lowest BCUT2D eigenvalue weighted by atomic mass is 9.97. The summed E-state index contributed by atoms with van der Waals surface area (Å²) in [5, 5.41) is 0. The average Bonchev–Trinajstić information content (AvgIpc) is 2.66. The molecule has 0 N–H and O–H groups in total. The first kappa shape index (κ1) is 18.7. The van der Waals surface area contributed by atoms with Crippen LogP contribution in [0.4, 0.5) is 5.69 Å². The number of ketones is 1. The first-order chi connectivity index (χ1) is 11.3. The van der Waals surface area contributed by atoms with Gasteiger partial charge in [0, 0.05) is 18.3 Å². The molecular formula is C21H27NO. The molecule has 0 radical (unpaired) electrons. The molecule has 2 aromatic rings. The molecule has 0 spiro atoms. The fraction of sp³-hybridized carbons (Fsp3) is 0.286. The number of carbonyl (C=O) groups is 1. The zero-order valence-corrected chi connectivity index (χ0v) is 14.6. The number of nitrogens with zero attached hydrogens (tertiary/aromatic N) is 1. The van der Waals surface area contributed by atoms with Gasteiger partial charge in [0.2, 0.25) is 0 Å². The summed E-state index contributed by atoms with van der Waals surface area (Å²) in [4.78, 5) is 13.9. The Balaban J connectivity index is 0.000000615. The van der Waals surface area contributed by atoms with Gasteiger partial charge >= 0.3 is 0 Å². The summed E-state index contributed by atoms with van der Waals surface area (Å²) < 4.78 is 0. The zero-order valence-electron chi connectivity index (χ0n) is 14.6. The number of rotatable bonds is 2. The van der Waals surface area contributed by atoms with Crippen LogP contribution in [0.15, 0.2) is 72.9 Å². The second-order valence-electron chi connectivity index (χ2n) is 4.66. The lowest BCUT2D eigenvalue weighted by molar-refractivity contribution is -0.115. The molecule has 0 fully saturated rings. The molecule has 23 heavy (non-hydrogen) atoms. The Kier molecular flexibility index (Phi) is 8.45. The molecule has 0 amide bonds. The second-order valence-corrected chi connectivity index (χ2v) is 4.66. The van der Waals surface area contributed by atoms with E-state index in [1.165, 1.54) is 5.56 Å². The maximum atomic E-state index is 11.7. The minimum absolute atomic E-state index is 0.0844. The van der Waals surface area contributed by atoms with Crippen LogP contribution in [-0.2, 0) is 4.79 Å². The first-order valence-electron chi connectivity index (χ1n) is 8.44. The molecule has 0 bridgehead atoms. The van der Waals surface area contributed by atoms with Gasteiger partial charge in [0.25, 0.3) is 0 Å². The SMILES string of the molecule is CC.CC.O=C1C=CN(c2ccccc2)C(c2ccccc2)C1. The number of allylic oxidation sites excluding steroid dienone is 1. The van der Waals surface area contributed by atoms with Crippen molar-refractivity contribution in [3.8, 4) is 0 Å². The molecule has 1 unspecified atom stereocenters. The van der Waals surface area contributed by atoms with Crippen LogP contribution in [0, 0.1) is 0 Å². The van der Waals surface area contributed by atoms with Crippen LogP contribution in [0.25, 0.3) is 0 Å². The summed E-state index contributed by atoms with van der Waals surface area (Å²) in [5.74, 6) is 0.182. The van der Waals surface area contributed by atoms with Crippen LogP contribution in [0.3, 0.4) is 0 Å². The standard InChI is InChI=1S/C17H15NO.2C2H6/c19-16-11-12-18(15-9-5-2-6-10-15)17(13-16)14-7-3-1-4-8-14;2*1-2/h1-12,17H,13H2;2*1-2H3. The molecule has 1 atom stereocenters. The van der Waals surface area contributed by atoms with Crippen molar-refractivity contribution in [3.63, 3.8) is 0 Å². The molecule has 3 rings (SSSR count). The third kappa shape index (κ3) is 5.10. The van der Waals surface area contributed by atoms with Gasteiger partial charge in [-0.25, -0.2) is 0 Å². The van der Waals surface area contributed by atoms with E-state index in [0.29, 0.717) is 6.42 Å². The molecule has 1 aliphatic rings. The maximum absolute atomic E-state index is 11.7. The molecule has 2 nitrogen and oxygen atoms in total. The highest BCUT2D eigenvalue weighted by atomic mass is 16.1. The van der Waals surface area contributed by atoms with Crippen LogP contribution >= 0.6 is 0 Å². The van der Waals surface area contributed by atoms with E-state index in [0.717, 1.165) is 5.69 Å². The maximum Gasteiger partial charge on any atom is 0.159 e. The van der Waals surface area contributed by atoms with Gasteiger partial charge < -0.3 is 4.90 Å². The van der Waals surface area contributed by atoms with Gasteiger partial charge in [-0.2, -0.15) is 0 Å². The summed E-state index contributed by atoms with van der Waals surface area (Å²) in [6, 6.07) is 20.4. The molecule has 0 saturated heterocycles. The topological polar surface area (TPSA) is 20.3 Å². The van der Waals surface area contributed by atoms with Crippen molar-refractivity contribution < 1.29 is 4.79 Å². The number of para-hydroxylation sites is 1. The third-order valence-corrected chi connectivity index (χ3v) is 3.39. The number of hydrogen-bond acceptors (Lipinski definition) is 2. The van der Waals surface area contributed by atoms with Gasteiger partial charge in [0.15, 0.2) is 5.78 Å². The molecular weight excluding hydrogens is 282 g/mol. The molecule has 2 heteroatoms. The first-order valence-corrected chi connectivity index (χ1v) is 8.44. The lowest BCUT2D eigenvalue weighted by Crippen LogP contribution is -2.28. The van der Waals surface area contributed by atoms with Crippen molar-refractivity contribution in [2.24, 2.45) is 0 Å². The van der Waals surface area contributed by atoms with Crippen molar-refractivity contribution >= 4 is 11.5 Å². The number of hydrogen-bond donors (Lipinski definition) is 0. The summed E-state index contributed by atoms with van der Waals surface area (Å²) in [6.07, 6.45) is 4.07. The van der Waals surface area contributed by atoms with E-state index in [4.69, 9.17) is 0 Å². The monoisotopic (exact) mass is 309 g/mol. The Bertz CT molecular complexity index is 590. The van der Waals surface area contributed by atoms with Gasteiger partial charge in [-0.3, -0.25) is 4.79 Å². The van der Waals surface area contributed by atoms with Crippen LogP contribution < -0.4 is 4.90 Å². The van der Waals surface area contributed by atoms with Gasteiger partial charge in [0.1, 0.15) is 0 Å². The van der Waals surface area contributed by atoms with Gasteiger partial charge in [0.05, 0.1) is 6.04 Å². The largest absolute Gasteiger partial charge is 0.340 e. The normalized spacial score (nSPS) is 15.9. The van der Waals surface area contributed by atoms with E-state index < -0.39 is 0 Å². The predicted octanol–water partition coefficient (Wildman–Crippen LogP) is 5.77. The highest BCUT2D eigenvalue weighted by Crippen LogP contribution is 2.32. The minimum atomic E-state index is 0.0844. The summed E-state index contributed by atoms with van der Waals surface area (Å²) in [7, 11) is 0. The van der Waals surface area contributed by atoms with E-state index in [2.05, 4.69) is 29.2 Å². The zero-order chi connectivity index (χ0) is 17.1. The molecule has 1 aliphatic heterocycles. The van der Waals surface area contributed by atoms with E-state index in [9.17, 15) is 4.79 Å². The number of benzene rings is 2. The van der Waals surface area contributed by atoms with E-state index in [1.54, 1.807) is 6.08 Å². The fourth-order valence-corrected chi connectivity index (χ4v) is 2.44. The lowest BCUT2D eigenvalue weighted by Gasteiger charge is -2.33. The summed E-state index contributed by atoms with van der Waals surface area (Å²) in [6.45, 7) is 8.00. The van der Waals surface area contributed by atoms with E-state index in [-0.39, 0.29) is 11.8 Å². The Morgan fingerprint density at radius 2 is 1.35 bits per heavy atom. The molecule has 0 saturated carbocycles. The van der Waals surface area contributed by atoms with Crippen LogP contribution in [0.1, 0.15) is 45.7 Å². The van der Waals surface area contributed by atoms with Crippen LogP contribution in [0.2, 0.25) is 0 Å². The molecule has 122 valence electrons. The minimum Gasteiger partial charge on any atom is -0.340 e.